The van der Waals surface area contributed by atoms with Crippen molar-refractivity contribution in [2.24, 2.45) is 0 Å². The fraction of sp³-hybridized carbons (Fsp3) is 0.276. The number of hydrogen-bond donors (Lipinski definition) is 3. The second-order valence-electron chi connectivity index (χ2n) is 9.80. The lowest BCUT2D eigenvalue weighted by Crippen LogP contribution is -2.42. The molecular formula is C29H34N4O4S. The molecule has 1 atom stereocenters. The molecule has 0 aliphatic rings. The molecule has 4 rings (SSSR count). The largest absolute Gasteiger partial charge is 0.497 e. The van der Waals surface area contributed by atoms with Crippen molar-refractivity contribution < 1.29 is 18.3 Å². The predicted octanol–water partition coefficient (Wildman–Crippen LogP) is 4.85. The Balaban J connectivity index is 1.31. The highest BCUT2D eigenvalue weighted by Gasteiger charge is 2.20. The summed E-state index contributed by atoms with van der Waals surface area (Å²) in [6.07, 6.45) is 3.86. The number of nitrogens with zero attached hydrogens (tertiary/aromatic N) is 2. The lowest BCUT2D eigenvalue weighted by Gasteiger charge is -2.28. The Labute approximate surface area is 224 Å². The van der Waals surface area contributed by atoms with E-state index in [1.807, 2.05) is 36.8 Å². The number of hydrogen-bond acceptors (Lipinski definition) is 6. The van der Waals surface area contributed by atoms with Crippen molar-refractivity contribution in [3.63, 3.8) is 0 Å². The molecule has 0 spiro atoms. The van der Waals surface area contributed by atoms with E-state index in [9.17, 15) is 13.5 Å². The van der Waals surface area contributed by atoms with Crippen LogP contribution in [0.2, 0.25) is 0 Å². The lowest BCUT2D eigenvalue weighted by molar-refractivity contribution is 0.158. The van der Waals surface area contributed by atoms with Crippen molar-refractivity contribution in [1.82, 2.24) is 14.9 Å². The van der Waals surface area contributed by atoms with Gasteiger partial charge in [0.05, 0.1) is 30.1 Å². The molecule has 0 radical (unpaired) electrons. The van der Waals surface area contributed by atoms with E-state index in [4.69, 9.17) is 4.74 Å². The molecule has 0 saturated carbocycles. The van der Waals surface area contributed by atoms with Gasteiger partial charge in [-0.3, -0.25) is 4.72 Å². The van der Waals surface area contributed by atoms with Gasteiger partial charge in [0.1, 0.15) is 5.75 Å². The Morgan fingerprint density at radius 1 is 1.03 bits per heavy atom. The molecule has 0 aliphatic heterocycles. The van der Waals surface area contributed by atoms with Crippen molar-refractivity contribution >= 4 is 15.7 Å². The fourth-order valence-electron chi connectivity index (χ4n) is 4.00. The minimum atomic E-state index is -3.70. The first-order valence-electron chi connectivity index (χ1n) is 12.4. The number of benzene rings is 3. The first-order chi connectivity index (χ1) is 18.1. The maximum atomic E-state index is 12.6. The summed E-state index contributed by atoms with van der Waals surface area (Å²) in [6.45, 7) is 5.26. The highest BCUT2D eigenvalue weighted by atomic mass is 32.2. The van der Waals surface area contributed by atoms with E-state index in [2.05, 4.69) is 33.4 Å². The van der Waals surface area contributed by atoms with Gasteiger partial charge in [-0.2, -0.15) is 0 Å². The quantitative estimate of drug-likeness (QED) is 0.240. The Kier molecular flexibility index (Phi) is 8.51. The lowest BCUT2D eigenvalue weighted by atomic mass is 9.99. The number of methoxy groups -OCH3 is 1. The predicted molar refractivity (Wildman–Crippen MR) is 150 cm³/mol. The Morgan fingerprint density at radius 3 is 2.47 bits per heavy atom. The van der Waals surface area contributed by atoms with Crippen LogP contribution in [0.1, 0.15) is 31.9 Å². The Morgan fingerprint density at radius 2 is 1.76 bits per heavy atom. The van der Waals surface area contributed by atoms with Crippen molar-refractivity contribution in [2.45, 2.75) is 43.4 Å². The van der Waals surface area contributed by atoms with Crippen LogP contribution in [0.5, 0.6) is 5.75 Å². The van der Waals surface area contributed by atoms with Gasteiger partial charge in [0.2, 0.25) is 0 Å². The maximum Gasteiger partial charge on any atom is 0.261 e. The van der Waals surface area contributed by atoms with Gasteiger partial charge in [0.25, 0.3) is 10.0 Å². The summed E-state index contributed by atoms with van der Waals surface area (Å²) in [5.41, 5.74) is 2.70. The minimum absolute atomic E-state index is 0.184. The molecule has 0 unspecified atom stereocenters. The van der Waals surface area contributed by atoms with E-state index in [-0.39, 0.29) is 10.4 Å². The first kappa shape index (κ1) is 27.4. The van der Waals surface area contributed by atoms with Crippen LogP contribution >= 0.6 is 0 Å². The van der Waals surface area contributed by atoms with Crippen molar-refractivity contribution in [1.29, 1.82) is 0 Å². The molecule has 0 bridgehead atoms. The molecule has 8 nitrogen and oxygen atoms in total. The number of aromatic nitrogens is 2. The smallest absolute Gasteiger partial charge is 0.261 e. The zero-order valence-corrected chi connectivity index (χ0v) is 22.7. The van der Waals surface area contributed by atoms with Crippen LogP contribution in [-0.4, -0.2) is 42.3 Å². The Hall–Kier alpha value is -3.66. The van der Waals surface area contributed by atoms with Crippen molar-refractivity contribution in [2.75, 3.05) is 18.4 Å². The third-order valence-electron chi connectivity index (χ3n) is 6.37. The number of imidazole rings is 1. The summed E-state index contributed by atoms with van der Waals surface area (Å²) in [4.78, 5) is 4.71. The number of aliphatic hydroxyl groups excluding tert-OH is 1. The number of β-amino-alcohol motifs (C(OH)–C–C–N with tert-alkyl or cyclic N) is 1. The second kappa shape index (κ2) is 11.8. The van der Waals surface area contributed by atoms with Gasteiger partial charge in [0.15, 0.2) is 0 Å². The minimum Gasteiger partial charge on any atom is -0.497 e. The highest BCUT2D eigenvalue weighted by Crippen LogP contribution is 2.23. The van der Waals surface area contributed by atoms with E-state index >= 15 is 0 Å². The topological polar surface area (TPSA) is 105 Å². The molecule has 1 aromatic heterocycles. The summed E-state index contributed by atoms with van der Waals surface area (Å²) in [7, 11) is -2.06. The van der Waals surface area contributed by atoms with E-state index in [1.165, 1.54) is 12.1 Å². The average Bonchev–Trinajstić information content (AvgIpc) is 3.40. The zero-order chi connectivity index (χ0) is 27.2. The van der Waals surface area contributed by atoms with Gasteiger partial charge >= 0.3 is 0 Å². The van der Waals surface area contributed by atoms with Crippen LogP contribution in [0, 0.1) is 0 Å². The molecule has 0 aliphatic carbocycles. The number of sulfonamides is 1. The van der Waals surface area contributed by atoms with Crippen LogP contribution in [0.15, 0.2) is 96.3 Å². The third kappa shape index (κ3) is 7.22. The number of anilines is 1. The molecule has 0 saturated heterocycles. The molecule has 4 aromatic rings. The monoisotopic (exact) mass is 534 g/mol. The first-order valence-corrected chi connectivity index (χ1v) is 13.9. The number of nitrogens with one attached hydrogen (secondary N) is 2. The standard InChI is InChI=1S/C29H34N4O4S/c1-29(2,16-17-33-20-27(30-21-33)22-12-14-25(37-3)15-13-22)31-19-28(34)23-8-7-9-24(18-23)32-38(35,36)26-10-5-4-6-11-26/h4-15,18,20-21,28,31-32,34H,16-17,19H2,1-3H3/t28-/m0/s1. The van der Waals surface area contributed by atoms with E-state index in [0.717, 1.165) is 30.0 Å². The van der Waals surface area contributed by atoms with Crippen LogP contribution in [-0.2, 0) is 16.6 Å². The normalized spacial score (nSPS) is 12.7. The molecular weight excluding hydrogens is 500 g/mol. The van der Waals surface area contributed by atoms with Gasteiger partial charge in [-0.1, -0.05) is 30.3 Å². The summed E-state index contributed by atoms with van der Waals surface area (Å²) in [5.74, 6) is 0.809. The van der Waals surface area contributed by atoms with E-state index < -0.39 is 16.1 Å². The van der Waals surface area contributed by atoms with Crippen LogP contribution in [0.4, 0.5) is 5.69 Å². The van der Waals surface area contributed by atoms with Crippen molar-refractivity contribution in [3.8, 4) is 17.0 Å². The zero-order valence-electron chi connectivity index (χ0n) is 21.8. The number of rotatable bonds is 12. The number of ether oxygens (including phenoxy) is 1. The van der Waals surface area contributed by atoms with E-state index in [1.54, 1.807) is 49.6 Å². The molecule has 0 amide bonds. The fourth-order valence-corrected chi connectivity index (χ4v) is 5.07. The molecule has 3 N–H and O–H groups in total. The second-order valence-corrected chi connectivity index (χ2v) is 11.5. The molecule has 0 fully saturated rings. The van der Waals surface area contributed by atoms with Gasteiger partial charge in [0, 0.05) is 36.1 Å². The van der Waals surface area contributed by atoms with Gasteiger partial charge in [-0.15, -0.1) is 0 Å². The van der Waals surface area contributed by atoms with E-state index in [0.29, 0.717) is 17.8 Å². The van der Waals surface area contributed by atoms with Crippen molar-refractivity contribution in [3.05, 3.63) is 97.0 Å². The summed E-state index contributed by atoms with van der Waals surface area (Å²) in [5, 5.41) is 14.2. The molecule has 9 heteroatoms. The number of aliphatic hydroxyl groups is 1. The van der Waals surface area contributed by atoms with Gasteiger partial charge in [-0.05, 0) is 74.4 Å². The summed E-state index contributed by atoms with van der Waals surface area (Å²) < 4.78 is 35.1. The third-order valence-corrected chi connectivity index (χ3v) is 7.76. The number of aryl methyl sites for hydroxylation is 1. The SMILES string of the molecule is COc1ccc(-c2cn(CCC(C)(C)NC[C@H](O)c3cccc(NS(=O)(=O)c4ccccc4)c3)cn2)cc1. The van der Waals surface area contributed by atoms with Gasteiger partial charge in [-0.25, -0.2) is 13.4 Å². The maximum absolute atomic E-state index is 12.6. The van der Waals surface area contributed by atoms with Gasteiger partial charge < -0.3 is 19.7 Å². The summed E-state index contributed by atoms with van der Waals surface area (Å²) >= 11 is 0. The Bertz CT molecular complexity index is 1430. The molecule has 38 heavy (non-hydrogen) atoms. The van der Waals surface area contributed by atoms with Crippen LogP contribution in [0.3, 0.4) is 0 Å². The average molecular weight is 535 g/mol. The molecule has 3 aromatic carbocycles. The van der Waals surface area contributed by atoms with Crippen LogP contribution < -0.4 is 14.8 Å². The van der Waals surface area contributed by atoms with Crippen LogP contribution in [0.25, 0.3) is 11.3 Å². The summed E-state index contributed by atoms with van der Waals surface area (Å²) in [6, 6.07) is 22.8. The molecule has 1 heterocycles. The molecule has 200 valence electrons. The highest BCUT2D eigenvalue weighted by molar-refractivity contribution is 7.92.